The first kappa shape index (κ1) is 24.8. The number of hydrogen-bond donors (Lipinski definition) is 1. The van der Waals surface area contributed by atoms with E-state index in [1.807, 2.05) is 52.0 Å². The molecule has 0 saturated carbocycles. The molecule has 0 aliphatic heterocycles. The van der Waals surface area contributed by atoms with Crippen LogP contribution >= 0.6 is 0 Å². The maximum Gasteiger partial charge on any atom is 0.337 e. The maximum absolute atomic E-state index is 11.8. The number of aryl methyl sites for hydroxylation is 2. The summed E-state index contributed by atoms with van der Waals surface area (Å²) >= 11 is 0. The lowest BCUT2D eigenvalue weighted by atomic mass is 9.89. The van der Waals surface area contributed by atoms with Crippen LogP contribution in [0.5, 0.6) is 5.75 Å². The van der Waals surface area contributed by atoms with Gasteiger partial charge >= 0.3 is 5.97 Å². The lowest BCUT2D eigenvalue weighted by Crippen LogP contribution is -2.32. The molecule has 0 spiro atoms. The molecule has 0 saturated heterocycles. The Morgan fingerprint density at radius 1 is 1.12 bits per heavy atom. The molecule has 3 aromatic rings. The minimum absolute atomic E-state index is 0.210. The highest BCUT2D eigenvalue weighted by molar-refractivity contribution is 5.94. The van der Waals surface area contributed by atoms with Crippen LogP contribution in [-0.2, 0) is 11.2 Å². The minimum atomic E-state index is -0.521. The number of benzene rings is 2. The first-order chi connectivity index (χ1) is 15.6. The van der Waals surface area contributed by atoms with Crippen molar-refractivity contribution < 1.29 is 23.8 Å². The molecule has 1 heterocycles. The van der Waals surface area contributed by atoms with Gasteiger partial charge in [0.05, 0.1) is 18.8 Å². The van der Waals surface area contributed by atoms with Crippen LogP contribution in [0.4, 0.5) is 0 Å². The average Bonchev–Trinajstić information content (AvgIpc) is 3.19. The second kappa shape index (κ2) is 10.4. The quantitative estimate of drug-likeness (QED) is 0.378. The van der Waals surface area contributed by atoms with Gasteiger partial charge in [-0.2, -0.15) is 0 Å². The molecular weight excluding hydrogens is 416 g/mol. The average molecular weight is 453 g/mol. The summed E-state index contributed by atoms with van der Waals surface area (Å²) in [6.45, 7) is 10.5. The zero-order chi connectivity index (χ0) is 24.2. The fourth-order valence-corrected chi connectivity index (χ4v) is 3.90. The van der Waals surface area contributed by atoms with Gasteiger partial charge < -0.3 is 19.0 Å². The number of esters is 1. The van der Waals surface area contributed by atoms with E-state index in [0.717, 1.165) is 47.3 Å². The van der Waals surface area contributed by atoms with Gasteiger partial charge in [0, 0.05) is 11.8 Å². The van der Waals surface area contributed by atoms with Crippen molar-refractivity contribution >= 4 is 16.9 Å². The molecule has 1 N–H and O–H groups in total. The fraction of sp³-hybridized carbons (Fsp3) is 0.464. The van der Waals surface area contributed by atoms with Crippen molar-refractivity contribution in [2.45, 2.75) is 65.9 Å². The Kier molecular flexibility index (Phi) is 7.85. The van der Waals surface area contributed by atoms with E-state index in [4.69, 9.17) is 13.9 Å². The predicted octanol–water partition coefficient (Wildman–Crippen LogP) is 6.44. The number of aliphatic hydroxyl groups excluding tert-OH is 1. The Morgan fingerprint density at radius 3 is 2.52 bits per heavy atom. The van der Waals surface area contributed by atoms with Gasteiger partial charge in [0.1, 0.15) is 23.7 Å². The van der Waals surface area contributed by atoms with Crippen LogP contribution in [0.1, 0.15) is 73.7 Å². The van der Waals surface area contributed by atoms with E-state index in [2.05, 4.69) is 19.1 Å². The third-order valence-electron chi connectivity index (χ3n) is 6.29. The van der Waals surface area contributed by atoms with Crippen molar-refractivity contribution in [1.82, 2.24) is 0 Å². The highest BCUT2D eigenvalue weighted by Gasteiger charge is 2.23. The van der Waals surface area contributed by atoms with Crippen LogP contribution in [0.2, 0.25) is 0 Å². The molecule has 0 amide bonds. The zero-order valence-corrected chi connectivity index (χ0v) is 20.6. The molecule has 0 aliphatic rings. The predicted molar refractivity (Wildman–Crippen MR) is 131 cm³/mol. The molecule has 3 rings (SSSR count). The van der Waals surface area contributed by atoms with Gasteiger partial charge in [-0.1, -0.05) is 39.8 Å². The molecule has 2 unspecified atom stereocenters. The molecule has 178 valence electrons. The van der Waals surface area contributed by atoms with Gasteiger partial charge in [0.25, 0.3) is 0 Å². The molecule has 0 aliphatic carbocycles. The SMILES string of the molecule is CCC(CCc1cc2cc(C(=O)OC)ccc2o1)c1ccc(OCC(O)C(C)(C)C)c(C)c1. The molecule has 2 aromatic carbocycles. The molecule has 1 aromatic heterocycles. The van der Waals surface area contributed by atoms with Crippen molar-refractivity contribution in [3.05, 3.63) is 64.9 Å². The number of rotatable bonds is 9. The molecule has 33 heavy (non-hydrogen) atoms. The van der Waals surface area contributed by atoms with Crippen LogP contribution in [0.3, 0.4) is 0 Å². The van der Waals surface area contributed by atoms with Gasteiger partial charge in [0.15, 0.2) is 0 Å². The minimum Gasteiger partial charge on any atom is -0.491 e. The zero-order valence-electron chi connectivity index (χ0n) is 20.6. The molecule has 2 atom stereocenters. The first-order valence-corrected chi connectivity index (χ1v) is 11.6. The van der Waals surface area contributed by atoms with Crippen LogP contribution in [0.15, 0.2) is 46.9 Å². The number of fused-ring (bicyclic) bond motifs is 1. The number of hydrogen-bond acceptors (Lipinski definition) is 5. The summed E-state index contributed by atoms with van der Waals surface area (Å²) in [6.07, 6.45) is 2.28. The molecule has 0 radical (unpaired) electrons. The first-order valence-electron chi connectivity index (χ1n) is 11.6. The summed E-state index contributed by atoms with van der Waals surface area (Å²) in [5.74, 6) is 1.78. The molecule has 0 bridgehead atoms. The Bertz CT molecular complexity index is 1090. The largest absolute Gasteiger partial charge is 0.491 e. The lowest BCUT2D eigenvalue weighted by Gasteiger charge is -2.26. The van der Waals surface area contributed by atoms with Crippen LogP contribution in [0, 0.1) is 12.3 Å². The summed E-state index contributed by atoms with van der Waals surface area (Å²) in [7, 11) is 1.38. The highest BCUT2D eigenvalue weighted by Crippen LogP contribution is 2.31. The molecule has 5 heteroatoms. The maximum atomic E-state index is 11.8. The number of carbonyl (C=O) groups excluding carboxylic acids is 1. The van der Waals surface area contributed by atoms with E-state index in [-0.39, 0.29) is 18.0 Å². The standard InChI is InChI=1S/C28H36O5/c1-7-19(20-9-12-24(18(2)14-20)32-17-26(29)28(3,4)5)8-11-23-16-22-15-21(27(30)31-6)10-13-25(22)33-23/h9-10,12-16,19,26,29H,7-8,11,17H2,1-6H3. The number of furan rings is 1. The summed E-state index contributed by atoms with van der Waals surface area (Å²) in [5, 5.41) is 11.2. The molecule has 5 nitrogen and oxygen atoms in total. The smallest absolute Gasteiger partial charge is 0.337 e. The second-order valence-electron chi connectivity index (χ2n) is 9.82. The summed E-state index contributed by atoms with van der Waals surface area (Å²) < 4.78 is 16.7. The summed E-state index contributed by atoms with van der Waals surface area (Å²) in [4.78, 5) is 11.8. The van der Waals surface area contributed by atoms with Gasteiger partial charge in [-0.05, 0) is 72.6 Å². The Labute approximate surface area is 196 Å². The van der Waals surface area contributed by atoms with Crippen molar-refractivity contribution in [3.8, 4) is 5.75 Å². The fourth-order valence-electron chi connectivity index (χ4n) is 3.90. The topological polar surface area (TPSA) is 68.9 Å². The van der Waals surface area contributed by atoms with E-state index < -0.39 is 6.10 Å². The Hall–Kier alpha value is -2.79. The van der Waals surface area contributed by atoms with E-state index in [0.29, 0.717) is 11.5 Å². The van der Waals surface area contributed by atoms with Crippen LogP contribution in [-0.4, -0.2) is 30.9 Å². The number of aliphatic hydroxyl groups is 1. The summed E-state index contributed by atoms with van der Waals surface area (Å²) in [6, 6.07) is 13.7. The number of ether oxygens (including phenoxy) is 2. The summed E-state index contributed by atoms with van der Waals surface area (Å²) in [5.41, 5.74) is 3.45. The third kappa shape index (κ3) is 6.17. The van der Waals surface area contributed by atoms with Crippen LogP contribution in [0.25, 0.3) is 11.0 Å². The van der Waals surface area contributed by atoms with Crippen molar-refractivity contribution in [2.24, 2.45) is 5.41 Å². The van der Waals surface area contributed by atoms with E-state index >= 15 is 0 Å². The van der Waals surface area contributed by atoms with Crippen molar-refractivity contribution in [2.75, 3.05) is 13.7 Å². The van der Waals surface area contributed by atoms with E-state index in [1.165, 1.54) is 12.7 Å². The molecule has 0 fully saturated rings. The van der Waals surface area contributed by atoms with Crippen molar-refractivity contribution in [3.63, 3.8) is 0 Å². The second-order valence-corrected chi connectivity index (χ2v) is 9.82. The van der Waals surface area contributed by atoms with Gasteiger partial charge in [-0.25, -0.2) is 4.79 Å². The number of carbonyl (C=O) groups is 1. The van der Waals surface area contributed by atoms with Crippen LogP contribution < -0.4 is 4.74 Å². The number of methoxy groups -OCH3 is 1. The molecular formula is C28H36O5. The Morgan fingerprint density at radius 2 is 1.88 bits per heavy atom. The van der Waals surface area contributed by atoms with E-state index in [9.17, 15) is 9.90 Å². The lowest BCUT2D eigenvalue weighted by molar-refractivity contribution is 0.0216. The van der Waals surface area contributed by atoms with Gasteiger partial charge in [-0.15, -0.1) is 0 Å². The van der Waals surface area contributed by atoms with Gasteiger partial charge in [0.2, 0.25) is 0 Å². The third-order valence-corrected chi connectivity index (χ3v) is 6.29. The van der Waals surface area contributed by atoms with Crippen molar-refractivity contribution in [1.29, 1.82) is 0 Å². The van der Waals surface area contributed by atoms with Gasteiger partial charge in [-0.3, -0.25) is 0 Å². The van der Waals surface area contributed by atoms with E-state index in [1.54, 1.807) is 6.07 Å². The normalized spacial score (nSPS) is 13.7. The highest BCUT2D eigenvalue weighted by atomic mass is 16.5. The Balaban J connectivity index is 1.66. The monoisotopic (exact) mass is 452 g/mol.